The third-order valence-electron chi connectivity index (χ3n) is 3.64. The Hall–Kier alpha value is -1.47. The van der Waals surface area contributed by atoms with E-state index in [1.54, 1.807) is 30.3 Å². The molecule has 1 heterocycles. The zero-order valence-electron chi connectivity index (χ0n) is 11.6. The molecular weight excluding hydrogens is 265 g/mol. The zero-order valence-corrected chi connectivity index (χ0v) is 11.6. The van der Waals surface area contributed by atoms with Crippen molar-refractivity contribution in [3.63, 3.8) is 0 Å². The molecule has 2 rings (SSSR count). The summed E-state index contributed by atoms with van der Waals surface area (Å²) >= 11 is 0. The molecule has 0 saturated carbocycles. The highest BCUT2D eigenvalue weighted by Crippen LogP contribution is 2.59. The Labute approximate surface area is 117 Å². The molecule has 2 atom stereocenters. The summed E-state index contributed by atoms with van der Waals surface area (Å²) in [4.78, 5) is 0. The van der Waals surface area contributed by atoms with Gasteiger partial charge in [-0.2, -0.15) is 13.2 Å². The number of alkyl halides is 3. The van der Waals surface area contributed by atoms with Crippen LogP contribution in [0.4, 0.5) is 13.2 Å². The van der Waals surface area contributed by atoms with Crippen LogP contribution in [0.25, 0.3) is 0 Å². The molecule has 108 valence electrons. The molecule has 2 unspecified atom stereocenters. The van der Waals surface area contributed by atoms with Crippen molar-refractivity contribution in [3.05, 3.63) is 35.9 Å². The molecule has 4 heteroatoms. The third kappa shape index (κ3) is 2.55. The van der Waals surface area contributed by atoms with Crippen LogP contribution >= 0.6 is 0 Å². The molecule has 1 aliphatic heterocycles. The molecule has 1 aromatic carbocycles. The predicted molar refractivity (Wildman–Crippen MR) is 71.1 cm³/mol. The Morgan fingerprint density at radius 3 is 2.40 bits per heavy atom. The van der Waals surface area contributed by atoms with Crippen LogP contribution in [0.15, 0.2) is 30.3 Å². The van der Waals surface area contributed by atoms with Gasteiger partial charge in [0.2, 0.25) is 0 Å². The molecule has 1 nitrogen and oxygen atoms in total. The fourth-order valence-corrected chi connectivity index (χ4v) is 2.32. The van der Waals surface area contributed by atoms with Gasteiger partial charge in [0.25, 0.3) is 5.60 Å². The van der Waals surface area contributed by atoms with E-state index < -0.39 is 17.4 Å². The van der Waals surface area contributed by atoms with Gasteiger partial charge in [-0.25, -0.2) is 0 Å². The van der Waals surface area contributed by atoms with Gasteiger partial charge in [0.05, 0.1) is 0 Å². The fraction of sp³-hybridized carbons (Fsp3) is 0.500. The number of hydrogen-bond acceptors (Lipinski definition) is 1. The predicted octanol–water partition coefficient (Wildman–Crippen LogP) is 4.32. The molecule has 0 spiro atoms. The highest BCUT2D eigenvalue weighted by Gasteiger charge is 2.79. The van der Waals surface area contributed by atoms with Gasteiger partial charge in [-0.05, 0) is 31.4 Å². The highest BCUT2D eigenvalue weighted by molar-refractivity contribution is 5.42. The van der Waals surface area contributed by atoms with E-state index in [0.717, 1.165) is 6.42 Å². The summed E-state index contributed by atoms with van der Waals surface area (Å²) in [5.41, 5.74) is -2.97. The Morgan fingerprint density at radius 1 is 1.20 bits per heavy atom. The van der Waals surface area contributed by atoms with Gasteiger partial charge < -0.3 is 4.74 Å². The molecule has 1 fully saturated rings. The Kier molecular flexibility index (Phi) is 3.84. The van der Waals surface area contributed by atoms with Crippen molar-refractivity contribution in [2.24, 2.45) is 0 Å². The molecule has 0 amide bonds. The monoisotopic (exact) mass is 282 g/mol. The summed E-state index contributed by atoms with van der Waals surface area (Å²) in [5, 5.41) is 0. The Balaban J connectivity index is 2.27. The topological polar surface area (TPSA) is 12.5 Å². The first-order valence-electron chi connectivity index (χ1n) is 6.70. The fourth-order valence-electron chi connectivity index (χ4n) is 2.32. The molecular formula is C16H17F3O. The second kappa shape index (κ2) is 5.14. The lowest BCUT2D eigenvalue weighted by Gasteiger charge is -2.14. The number of benzene rings is 1. The lowest BCUT2D eigenvalue weighted by atomic mass is 9.89. The van der Waals surface area contributed by atoms with E-state index in [1.165, 1.54) is 6.92 Å². The summed E-state index contributed by atoms with van der Waals surface area (Å²) in [6.07, 6.45) is -2.58. The van der Waals surface area contributed by atoms with Crippen LogP contribution < -0.4 is 0 Å². The van der Waals surface area contributed by atoms with Crippen LogP contribution in [0.3, 0.4) is 0 Å². The van der Waals surface area contributed by atoms with Gasteiger partial charge in [-0.1, -0.05) is 43.9 Å². The number of epoxide rings is 1. The first-order valence-corrected chi connectivity index (χ1v) is 6.70. The maximum atomic E-state index is 13.3. The van der Waals surface area contributed by atoms with Crippen molar-refractivity contribution >= 4 is 0 Å². The van der Waals surface area contributed by atoms with E-state index in [4.69, 9.17) is 4.74 Å². The number of unbranched alkanes of at least 4 members (excludes halogenated alkanes) is 1. The minimum atomic E-state index is -4.47. The van der Waals surface area contributed by atoms with Crippen LogP contribution in [0, 0.1) is 11.8 Å². The van der Waals surface area contributed by atoms with E-state index in [2.05, 4.69) is 11.8 Å². The molecule has 0 aromatic heterocycles. The van der Waals surface area contributed by atoms with Crippen molar-refractivity contribution in [1.29, 1.82) is 0 Å². The SMILES string of the molecule is CCCCC1(C)OC1(C#Cc1ccccc1)C(F)(F)F. The van der Waals surface area contributed by atoms with Crippen molar-refractivity contribution < 1.29 is 17.9 Å². The number of rotatable bonds is 3. The van der Waals surface area contributed by atoms with Crippen molar-refractivity contribution in [2.75, 3.05) is 0 Å². The summed E-state index contributed by atoms with van der Waals surface area (Å²) in [5.74, 6) is 4.92. The quantitative estimate of drug-likeness (QED) is 0.594. The smallest absolute Gasteiger partial charge is 0.341 e. The Morgan fingerprint density at radius 2 is 1.85 bits per heavy atom. The summed E-state index contributed by atoms with van der Waals surface area (Å²) in [6, 6.07) is 8.65. The van der Waals surface area contributed by atoms with Gasteiger partial charge in [-0.15, -0.1) is 0 Å². The van der Waals surface area contributed by atoms with E-state index in [1.807, 2.05) is 6.92 Å². The summed E-state index contributed by atoms with van der Waals surface area (Å²) < 4.78 is 45.0. The Bertz CT molecular complexity index is 526. The van der Waals surface area contributed by atoms with E-state index in [9.17, 15) is 13.2 Å². The molecule has 1 saturated heterocycles. The van der Waals surface area contributed by atoms with Crippen LogP contribution in [-0.2, 0) is 4.74 Å². The maximum Gasteiger partial charge on any atom is 0.431 e. The summed E-state index contributed by atoms with van der Waals surface area (Å²) in [7, 11) is 0. The lowest BCUT2D eigenvalue weighted by Crippen LogP contribution is -2.38. The highest BCUT2D eigenvalue weighted by atomic mass is 19.4. The lowest BCUT2D eigenvalue weighted by molar-refractivity contribution is -0.167. The molecule has 0 bridgehead atoms. The van der Waals surface area contributed by atoms with Crippen molar-refractivity contribution in [1.82, 2.24) is 0 Å². The number of halogens is 3. The molecule has 1 aliphatic rings. The van der Waals surface area contributed by atoms with Crippen molar-refractivity contribution in [3.8, 4) is 11.8 Å². The maximum absolute atomic E-state index is 13.3. The second-order valence-electron chi connectivity index (χ2n) is 5.23. The summed E-state index contributed by atoms with van der Waals surface area (Å²) in [6.45, 7) is 3.44. The standard InChI is InChI=1S/C16H17F3O/c1-3-4-11-14(2)15(20-14,16(17,18)19)12-10-13-8-6-5-7-9-13/h5-9H,3-4,11H2,1-2H3. The average molecular weight is 282 g/mol. The van der Waals surface area contributed by atoms with Crippen LogP contribution in [0.2, 0.25) is 0 Å². The minimum Gasteiger partial charge on any atom is -0.341 e. The van der Waals surface area contributed by atoms with Crippen molar-refractivity contribution in [2.45, 2.75) is 50.5 Å². The molecule has 1 aromatic rings. The third-order valence-corrected chi connectivity index (χ3v) is 3.64. The average Bonchev–Trinajstić information content (AvgIpc) is 3.02. The van der Waals surface area contributed by atoms with Gasteiger partial charge in [0.15, 0.2) is 0 Å². The van der Waals surface area contributed by atoms with E-state index in [0.29, 0.717) is 18.4 Å². The van der Waals surface area contributed by atoms with Gasteiger partial charge in [0.1, 0.15) is 5.60 Å². The molecule has 20 heavy (non-hydrogen) atoms. The van der Waals surface area contributed by atoms with Gasteiger partial charge >= 0.3 is 6.18 Å². The minimum absolute atomic E-state index is 0.368. The molecule has 0 radical (unpaired) electrons. The number of ether oxygens (including phenoxy) is 1. The van der Waals surface area contributed by atoms with E-state index >= 15 is 0 Å². The first-order chi connectivity index (χ1) is 9.35. The second-order valence-corrected chi connectivity index (χ2v) is 5.23. The molecule has 0 N–H and O–H groups in total. The van der Waals surface area contributed by atoms with Gasteiger partial charge in [0, 0.05) is 5.56 Å². The van der Waals surface area contributed by atoms with E-state index in [-0.39, 0.29) is 0 Å². The van der Waals surface area contributed by atoms with Crippen LogP contribution in [-0.4, -0.2) is 17.4 Å². The largest absolute Gasteiger partial charge is 0.431 e. The normalized spacial score (nSPS) is 28.6. The zero-order chi connectivity index (χ0) is 14.9. The van der Waals surface area contributed by atoms with Crippen LogP contribution in [0.5, 0.6) is 0 Å². The van der Waals surface area contributed by atoms with Gasteiger partial charge in [-0.3, -0.25) is 0 Å². The molecule has 0 aliphatic carbocycles. The first kappa shape index (κ1) is 14.9. The number of hydrogen-bond donors (Lipinski definition) is 0. The van der Waals surface area contributed by atoms with Crippen LogP contribution in [0.1, 0.15) is 38.7 Å².